The fraction of sp³-hybridized carbons (Fsp3) is 0.368. The van der Waals surface area contributed by atoms with Crippen LogP contribution in [0.25, 0.3) is 0 Å². The first-order chi connectivity index (χ1) is 12.4. The van der Waals surface area contributed by atoms with Crippen molar-refractivity contribution in [2.45, 2.75) is 30.8 Å². The van der Waals surface area contributed by atoms with Gasteiger partial charge in [0.1, 0.15) is 17.6 Å². The minimum Gasteiger partial charge on any atom is -0.497 e. The van der Waals surface area contributed by atoms with E-state index in [-0.39, 0.29) is 6.10 Å². The molecule has 3 rings (SSSR count). The number of aryl methyl sites for hydroxylation is 1. The minimum atomic E-state index is -3.52. The van der Waals surface area contributed by atoms with Gasteiger partial charge in [0.05, 0.1) is 12.0 Å². The summed E-state index contributed by atoms with van der Waals surface area (Å²) in [6.45, 7) is 2.64. The Bertz CT molecular complexity index is 877. The van der Waals surface area contributed by atoms with Crippen LogP contribution in [0.3, 0.4) is 0 Å². The van der Waals surface area contributed by atoms with Gasteiger partial charge in [0.2, 0.25) is 10.0 Å². The molecule has 5 nitrogen and oxygen atoms in total. The Morgan fingerprint density at radius 2 is 1.81 bits per heavy atom. The van der Waals surface area contributed by atoms with Gasteiger partial charge in [-0.3, -0.25) is 0 Å². The predicted molar refractivity (Wildman–Crippen MR) is 102 cm³/mol. The van der Waals surface area contributed by atoms with Crippen molar-refractivity contribution in [3.63, 3.8) is 0 Å². The number of methoxy groups -OCH3 is 1. The number of nitrogens with zero attached hydrogens (tertiary/aromatic N) is 1. The molecule has 0 amide bonds. The molecule has 2 aromatic carbocycles. The molecule has 140 valence electrons. The summed E-state index contributed by atoms with van der Waals surface area (Å²) in [7, 11) is -1.96. The van der Waals surface area contributed by atoms with E-state index in [2.05, 4.69) is 0 Å². The lowest BCUT2D eigenvalue weighted by Crippen LogP contribution is -2.41. The first-order valence-electron chi connectivity index (χ1n) is 8.47. The average molecular weight is 396 g/mol. The zero-order valence-corrected chi connectivity index (χ0v) is 16.4. The molecule has 7 heteroatoms. The maximum atomic E-state index is 12.9. The van der Waals surface area contributed by atoms with E-state index in [9.17, 15) is 8.42 Å². The second-order valence-corrected chi connectivity index (χ2v) is 8.65. The number of ether oxygens (including phenoxy) is 2. The number of benzene rings is 2. The van der Waals surface area contributed by atoms with Gasteiger partial charge in [-0.15, -0.1) is 0 Å². The van der Waals surface area contributed by atoms with E-state index in [0.29, 0.717) is 52.9 Å². The van der Waals surface area contributed by atoms with Crippen LogP contribution in [-0.2, 0) is 10.0 Å². The van der Waals surface area contributed by atoms with Gasteiger partial charge < -0.3 is 9.47 Å². The second-order valence-electron chi connectivity index (χ2n) is 6.31. The van der Waals surface area contributed by atoms with Crippen molar-refractivity contribution in [3.05, 3.63) is 53.1 Å². The Morgan fingerprint density at radius 3 is 2.42 bits per heavy atom. The summed E-state index contributed by atoms with van der Waals surface area (Å²) in [5.41, 5.74) is 0.682. The lowest BCUT2D eigenvalue weighted by atomic mass is 10.1. The summed E-state index contributed by atoms with van der Waals surface area (Å²) in [6.07, 6.45) is 1.26. The van der Waals surface area contributed by atoms with Gasteiger partial charge in [-0.05, 0) is 61.7 Å². The lowest BCUT2D eigenvalue weighted by Gasteiger charge is -2.31. The average Bonchev–Trinajstić information content (AvgIpc) is 2.62. The molecule has 0 saturated carbocycles. The van der Waals surface area contributed by atoms with Crippen molar-refractivity contribution in [1.82, 2.24) is 4.31 Å². The van der Waals surface area contributed by atoms with Gasteiger partial charge in [-0.1, -0.05) is 17.7 Å². The summed E-state index contributed by atoms with van der Waals surface area (Å²) in [4.78, 5) is 0.326. The van der Waals surface area contributed by atoms with Gasteiger partial charge >= 0.3 is 0 Å². The van der Waals surface area contributed by atoms with Crippen LogP contribution in [0.2, 0.25) is 5.02 Å². The van der Waals surface area contributed by atoms with Gasteiger partial charge in [0.25, 0.3) is 0 Å². The third-order valence-corrected chi connectivity index (χ3v) is 6.79. The zero-order chi connectivity index (χ0) is 18.7. The molecule has 0 atom stereocenters. The monoisotopic (exact) mass is 395 g/mol. The van der Waals surface area contributed by atoms with Crippen LogP contribution in [0.4, 0.5) is 0 Å². The highest BCUT2D eigenvalue weighted by Gasteiger charge is 2.31. The standard InChI is InChI=1S/C19H22ClNO4S/c1-14-12-17(24-2)6-7-19(14)26(22,23)21-10-8-16(9-11-21)25-18-5-3-4-15(20)13-18/h3-7,12-13,16H,8-11H2,1-2H3. The van der Waals surface area contributed by atoms with Crippen LogP contribution < -0.4 is 9.47 Å². The molecule has 0 radical (unpaired) electrons. The maximum Gasteiger partial charge on any atom is 0.243 e. The molecule has 0 aliphatic carbocycles. The molecule has 1 fully saturated rings. The zero-order valence-electron chi connectivity index (χ0n) is 14.8. The smallest absolute Gasteiger partial charge is 0.243 e. The summed E-state index contributed by atoms with van der Waals surface area (Å²) in [5, 5.41) is 0.623. The van der Waals surface area contributed by atoms with E-state index >= 15 is 0 Å². The Morgan fingerprint density at radius 1 is 1.08 bits per heavy atom. The molecule has 1 saturated heterocycles. The molecule has 1 heterocycles. The van der Waals surface area contributed by atoms with Crippen LogP contribution in [0.15, 0.2) is 47.4 Å². The van der Waals surface area contributed by atoms with Gasteiger partial charge in [-0.2, -0.15) is 4.31 Å². The van der Waals surface area contributed by atoms with Crippen molar-refractivity contribution < 1.29 is 17.9 Å². The summed E-state index contributed by atoms with van der Waals surface area (Å²) in [5.74, 6) is 1.36. The van der Waals surface area contributed by atoms with Crippen molar-refractivity contribution in [2.24, 2.45) is 0 Å². The van der Waals surface area contributed by atoms with Crippen molar-refractivity contribution in [1.29, 1.82) is 0 Å². The quantitative estimate of drug-likeness (QED) is 0.770. The normalized spacial score (nSPS) is 16.4. The molecule has 26 heavy (non-hydrogen) atoms. The van der Waals surface area contributed by atoms with E-state index in [0.717, 1.165) is 0 Å². The van der Waals surface area contributed by atoms with Crippen LogP contribution in [-0.4, -0.2) is 39.0 Å². The number of piperidine rings is 1. The Labute approximate surface area is 159 Å². The third-order valence-electron chi connectivity index (χ3n) is 4.50. The van der Waals surface area contributed by atoms with E-state index < -0.39 is 10.0 Å². The molecule has 0 bridgehead atoms. The molecular weight excluding hydrogens is 374 g/mol. The molecule has 0 N–H and O–H groups in total. The van der Waals surface area contributed by atoms with E-state index in [1.807, 2.05) is 12.1 Å². The number of sulfonamides is 1. The van der Waals surface area contributed by atoms with Crippen LogP contribution in [0.5, 0.6) is 11.5 Å². The molecular formula is C19H22ClNO4S. The van der Waals surface area contributed by atoms with Crippen LogP contribution in [0, 0.1) is 6.92 Å². The Hall–Kier alpha value is -1.76. The van der Waals surface area contributed by atoms with Crippen molar-refractivity contribution >= 4 is 21.6 Å². The first kappa shape index (κ1) is 19.0. The van der Waals surface area contributed by atoms with E-state index in [1.165, 1.54) is 4.31 Å². The first-order valence-corrected chi connectivity index (χ1v) is 10.3. The van der Waals surface area contributed by atoms with Crippen molar-refractivity contribution in [2.75, 3.05) is 20.2 Å². The highest BCUT2D eigenvalue weighted by molar-refractivity contribution is 7.89. The third kappa shape index (κ3) is 4.14. The SMILES string of the molecule is COc1ccc(S(=O)(=O)N2CCC(Oc3cccc(Cl)c3)CC2)c(C)c1. The minimum absolute atomic E-state index is 0.0168. The van der Waals surface area contributed by atoms with Crippen LogP contribution >= 0.6 is 11.6 Å². The highest BCUT2D eigenvalue weighted by Crippen LogP contribution is 2.28. The molecule has 0 spiro atoms. The number of hydrogen-bond acceptors (Lipinski definition) is 4. The molecule has 0 unspecified atom stereocenters. The Balaban J connectivity index is 1.67. The largest absolute Gasteiger partial charge is 0.497 e. The lowest BCUT2D eigenvalue weighted by molar-refractivity contribution is 0.135. The van der Waals surface area contributed by atoms with Crippen LogP contribution in [0.1, 0.15) is 18.4 Å². The van der Waals surface area contributed by atoms with Crippen molar-refractivity contribution in [3.8, 4) is 11.5 Å². The fourth-order valence-corrected chi connectivity index (χ4v) is 4.96. The molecule has 1 aliphatic heterocycles. The van der Waals surface area contributed by atoms with E-state index in [1.54, 1.807) is 44.4 Å². The second kappa shape index (κ2) is 7.86. The van der Waals surface area contributed by atoms with Gasteiger partial charge in [-0.25, -0.2) is 8.42 Å². The number of halogens is 1. The number of hydrogen-bond donors (Lipinski definition) is 0. The van der Waals surface area contributed by atoms with Gasteiger partial charge in [0.15, 0.2) is 0 Å². The maximum absolute atomic E-state index is 12.9. The fourth-order valence-electron chi connectivity index (χ4n) is 3.10. The summed E-state index contributed by atoms with van der Waals surface area (Å²) < 4.78 is 38.5. The molecule has 2 aromatic rings. The van der Waals surface area contributed by atoms with E-state index in [4.69, 9.17) is 21.1 Å². The summed E-state index contributed by atoms with van der Waals surface area (Å²) in [6, 6.07) is 12.3. The highest BCUT2D eigenvalue weighted by atomic mass is 35.5. The van der Waals surface area contributed by atoms with Gasteiger partial charge in [0, 0.05) is 18.1 Å². The topological polar surface area (TPSA) is 55.8 Å². The predicted octanol–water partition coefficient (Wildman–Crippen LogP) is 3.89. The molecule has 0 aromatic heterocycles. The summed E-state index contributed by atoms with van der Waals surface area (Å²) >= 11 is 5.97. The Kier molecular flexibility index (Phi) is 5.75. The number of rotatable bonds is 5. The molecule has 1 aliphatic rings.